The first kappa shape index (κ1) is 13.8. The number of fused-ring (bicyclic) bond motifs is 1. The van der Waals surface area contributed by atoms with Crippen molar-refractivity contribution in [2.24, 2.45) is 4.99 Å². The zero-order valence-electron chi connectivity index (χ0n) is 12.0. The smallest absolute Gasteiger partial charge is 0.119 e. The number of aromatic nitrogens is 1. The summed E-state index contributed by atoms with van der Waals surface area (Å²) in [4.78, 5) is 9.00. The van der Waals surface area contributed by atoms with Gasteiger partial charge in [0.15, 0.2) is 0 Å². The third-order valence-corrected chi connectivity index (χ3v) is 3.98. The van der Waals surface area contributed by atoms with Crippen LogP contribution in [0.15, 0.2) is 47.5 Å². The Bertz CT molecular complexity index is 775. The Morgan fingerprint density at radius 3 is 2.76 bits per heavy atom. The number of benzene rings is 2. The number of hydrogen-bond acceptors (Lipinski definition) is 4. The van der Waals surface area contributed by atoms with Crippen LogP contribution in [0, 0.1) is 6.92 Å². The Hall–Kier alpha value is -2.20. The summed E-state index contributed by atoms with van der Waals surface area (Å²) < 4.78 is 6.62. The fourth-order valence-corrected chi connectivity index (χ4v) is 2.88. The van der Waals surface area contributed by atoms with E-state index in [1.807, 2.05) is 56.5 Å². The van der Waals surface area contributed by atoms with Gasteiger partial charge in [0.05, 0.1) is 27.5 Å². The summed E-state index contributed by atoms with van der Waals surface area (Å²) in [6.07, 6.45) is 1.86. The molecule has 4 heteroatoms. The van der Waals surface area contributed by atoms with Gasteiger partial charge in [-0.05, 0) is 61.9 Å². The molecule has 0 fully saturated rings. The number of hydrogen-bond donors (Lipinski definition) is 0. The first-order valence-corrected chi connectivity index (χ1v) is 7.70. The van der Waals surface area contributed by atoms with Crippen molar-refractivity contribution < 1.29 is 4.74 Å². The Labute approximate surface area is 127 Å². The molecule has 0 aliphatic rings. The van der Waals surface area contributed by atoms with E-state index in [1.165, 1.54) is 4.70 Å². The Morgan fingerprint density at radius 1 is 1.19 bits per heavy atom. The number of aliphatic imine (C=N–C) groups is 1. The molecule has 3 aromatic rings. The van der Waals surface area contributed by atoms with E-state index in [1.54, 1.807) is 11.3 Å². The van der Waals surface area contributed by atoms with E-state index in [2.05, 4.69) is 16.0 Å². The van der Waals surface area contributed by atoms with Crippen LogP contribution in [0.1, 0.15) is 17.5 Å². The van der Waals surface area contributed by atoms with Crippen LogP contribution in [-0.2, 0) is 0 Å². The van der Waals surface area contributed by atoms with E-state index in [0.717, 1.165) is 27.5 Å². The molecule has 0 spiro atoms. The van der Waals surface area contributed by atoms with Gasteiger partial charge in [-0.3, -0.25) is 4.99 Å². The van der Waals surface area contributed by atoms with E-state index in [0.29, 0.717) is 6.61 Å². The van der Waals surface area contributed by atoms with Crippen molar-refractivity contribution in [3.05, 3.63) is 53.0 Å². The predicted molar refractivity (Wildman–Crippen MR) is 89.2 cm³/mol. The molecule has 0 amide bonds. The molecule has 0 radical (unpaired) electrons. The number of rotatable bonds is 4. The molecule has 1 heterocycles. The van der Waals surface area contributed by atoms with Crippen molar-refractivity contribution in [1.29, 1.82) is 0 Å². The number of ether oxygens (including phenoxy) is 1. The van der Waals surface area contributed by atoms with Gasteiger partial charge in [-0.15, -0.1) is 11.3 Å². The molecule has 0 saturated carbocycles. The highest BCUT2D eigenvalue weighted by atomic mass is 32.1. The molecule has 3 nitrogen and oxygen atoms in total. The summed E-state index contributed by atoms with van der Waals surface area (Å²) >= 11 is 1.70. The molecule has 0 saturated heterocycles. The summed E-state index contributed by atoms with van der Waals surface area (Å²) in [5, 5.41) is 1.08. The van der Waals surface area contributed by atoms with Crippen molar-refractivity contribution in [2.75, 3.05) is 6.61 Å². The van der Waals surface area contributed by atoms with Gasteiger partial charge in [-0.1, -0.05) is 0 Å². The van der Waals surface area contributed by atoms with Crippen molar-refractivity contribution in [2.45, 2.75) is 13.8 Å². The molecule has 106 valence electrons. The molecule has 0 bridgehead atoms. The van der Waals surface area contributed by atoms with Gasteiger partial charge in [-0.25, -0.2) is 4.98 Å². The molecule has 2 aromatic carbocycles. The van der Waals surface area contributed by atoms with Crippen molar-refractivity contribution in [1.82, 2.24) is 4.98 Å². The second-order valence-corrected chi connectivity index (χ2v) is 5.88. The molecular formula is C17H16N2OS. The normalized spacial score (nSPS) is 11.3. The minimum Gasteiger partial charge on any atom is -0.494 e. The molecule has 0 aliphatic carbocycles. The lowest BCUT2D eigenvalue weighted by molar-refractivity contribution is 0.340. The fourth-order valence-electron chi connectivity index (χ4n) is 2.08. The van der Waals surface area contributed by atoms with Gasteiger partial charge >= 0.3 is 0 Å². The topological polar surface area (TPSA) is 34.5 Å². The third kappa shape index (κ3) is 3.28. The summed E-state index contributed by atoms with van der Waals surface area (Å²) in [5.41, 5.74) is 2.98. The fraction of sp³-hybridized carbons (Fsp3) is 0.176. The number of aryl methyl sites for hydroxylation is 1. The van der Waals surface area contributed by atoms with Crippen LogP contribution in [0.4, 0.5) is 5.69 Å². The van der Waals surface area contributed by atoms with Crippen LogP contribution >= 0.6 is 11.3 Å². The summed E-state index contributed by atoms with van der Waals surface area (Å²) in [6, 6.07) is 14.0. The van der Waals surface area contributed by atoms with E-state index < -0.39 is 0 Å². The monoisotopic (exact) mass is 296 g/mol. The molecule has 0 atom stereocenters. The summed E-state index contributed by atoms with van der Waals surface area (Å²) in [5.74, 6) is 0.883. The van der Waals surface area contributed by atoms with Crippen LogP contribution < -0.4 is 4.74 Å². The first-order valence-electron chi connectivity index (χ1n) is 6.89. The lowest BCUT2D eigenvalue weighted by Crippen LogP contribution is -1.91. The maximum atomic E-state index is 5.42. The van der Waals surface area contributed by atoms with Crippen molar-refractivity contribution in [3.8, 4) is 5.75 Å². The Morgan fingerprint density at radius 2 is 2.00 bits per heavy atom. The quantitative estimate of drug-likeness (QED) is 0.651. The van der Waals surface area contributed by atoms with Crippen LogP contribution in [-0.4, -0.2) is 17.8 Å². The third-order valence-electron chi connectivity index (χ3n) is 3.03. The zero-order valence-corrected chi connectivity index (χ0v) is 12.9. The van der Waals surface area contributed by atoms with Crippen LogP contribution in [0.5, 0.6) is 5.75 Å². The molecule has 0 unspecified atom stereocenters. The lowest BCUT2D eigenvalue weighted by atomic mass is 10.2. The maximum Gasteiger partial charge on any atom is 0.119 e. The number of thiazole rings is 1. The highest BCUT2D eigenvalue weighted by Gasteiger charge is 2.00. The standard InChI is InChI=1S/C17H16N2OS/c1-3-20-15-7-4-13(5-8-15)11-18-14-6-9-17-16(10-14)19-12(2)21-17/h4-11H,3H2,1-2H3. The van der Waals surface area contributed by atoms with Crippen molar-refractivity contribution >= 4 is 33.5 Å². The second-order valence-electron chi connectivity index (χ2n) is 4.65. The van der Waals surface area contributed by atoms with Gasteiger partial charge in [0.25, 0.3) is 0 Å². The average molecular weight is 296 g/mol. The second kappa shape index (κ2) is 6.06. The van der Waals surface area contributed by atoms with Gasteiger partial charge in [0.1, 0.15) is 5.75 Å². The van der Waals surface area contributed by atoms with Gasteiger partial charge in [0, 0.05) is 6.21 Å². The summed E-state index contributed by atoms with van der Waals surface area (Å²) in [6.45, 7) is 4.68. The summed E-state index contributed by atoms with van der Waals surface area (Å²) in [7, 11) is 0. The van der Waals surface area contributed by atoms with Crippen LogP contribution in [0.25, 0.3) is 10.2 Å². The minimum absolute atomic E-state index is 0.681. The average Bonchev–Trinajstić information content (AvgIpc) is 2.86. The maximum absolute atomic E-state index is 5.42. The predicted octanol–water partition coefficient (Wildman–Crippen LogP) is 4.75. The van der Waals surface area contributed by atoms with E-state index in [9.17, 15) is 0 Å². The highest BCUT2D eigenvalue weighted by Crippen LogP contribution is 2.25. The highest BCUT2D eigenvalue weighted by molar-refractivity contribution is 7.18. The van der Waals surface area contributed by atoms with E-state index in [-0.39, 0.29) is 0 Å². The van der Waals surface area contributed by atoms with Crippen molar-refractivity contribution in [3.63, 3.8) is 0 Å². The molecule has 0 N–H and O–H groups in total. The van der Waals surface area contributed by atoms with Gasteiger partial charge in [0.2, 0.25) is 0 Å². The lowest BCUT2D eigenvalue weighted by Gasteiger charge is -2.02. The van der Waals surface area contributed by atoms with E-state index >= 15 is 0 Å². The molecule has 0 aliphatic heterocycles. The number of nitrogens with zero attached hydrogens (tertiary/aromatic N) is 2. The molecule has 3 rings (SSSR count). The largest absolute Gasteiger partial charge is 0.494 e. The van der Waals surface area contributed by atoms with Crippen LogP contribution in [0.2, 0.25) is 0 Å². The Kier molecular flexibility index (Phi) is 3.97. The zero-order chi connectivity index (χ0) is 14.7. The SMILES string of the molecule is CCOc1ccc(C=Nc2ccc3sc(C)nc3c2)cc1. The molecular weight excluding hydrogens is 280 g/mol. The van der Waals surface area contributed by atoms with Crippen LogP contribution in [0.3, 0.4) is 0 Å². The molecule has 21 heavy (non-hydrogen) atoms. The molecule has 1 aromatic heterocycles. The van der Waals surface area contributed by atoms with Gasteiger partial charge in [-0.2, -0.15) is 0 Å². The minimum atomic E-state index is 0.681. The first-order chi connectivity index (χ1) is 10.2. The van der Waals surface area contributed by atoms with E-state index in [4.69, 9.17) is 4.74 Å². The van der Waals surface area contributed by atoms with Gasteiger partial charge < -0.3 is 4.74 Å². The Balaban J connectivity index is 1.79.